The predicted octanol–water partition coefficient (Wildman–Crippen LogP) is 1.90. The van der Waals surface area contributed by atoms with Gasteiger partial charge in [-0.15, -0.1) is 11.3 Å². The smallest absolute Gasteiger partial charge is 0.353 e. The van der Waals surface area contributed by atoms with E-state index in [1.165, 1.54) is 40.0 Å². The van der Waals surface area contributed by atoms with Crippen molar-refractivity contribution < 1.29 is 27.6 Å². The number of sulfonamides is 1. The molecule has 0 saturated carbocycles. The summed E-state index contributed by atoms with van der Waals surface area (Å²) in [4.78, 5) is 22.4. The highest BCUT2D eigenvalue weighted by molar-refractivity contribution is 7.89. The van der Waals surface area contributed by atoms with Crippen LogP contribution in [0.25, 0.3) is 0 Å². The Labute approximate surface area is 153 Å². The molecule has 1 aliphatic heterocycles. The molecule has 1 aromatic carbocycles. The molecule has 2 aromatic rings. The second kappa shape index (κ2) is 7.50. The van der Waals surface area contributed by atoms with Crippen LogP contribution >= 0.6 is 11.3 Å². The van der Waals surface area contributed by atoms with Crippen LogP contribution in [-0.4, -0.2) is 49.9 Å². The van der Waals surface area contributed by atoms with Crippen LogP contribution in [0.4, 0.5) is 5.69 Å². The minimum absolute atomic E-state index is 0.0278. The lowest BCUT2D eigenvalue weighted by atomic mass is 10.3. The van der Waals surface area contributed by atoms with Gasteiger partial charge in [0.25, 0.3) is 5.69 Å². The van der Waals surface area contributed by atoms with E-state index in [-0.39, 0.29) is 34.3 Å². The van der Waals surface area contributed by atoms with E-state index in [9.17, 15) is 23.3 Å². The SMILES string of the molecule is O=C(Oc1ccc([N+](=O)[O-])cc1)c1cc(S(=O)(=O)N2CCOCC2)cs1. The van der Waals surface area contributed by atoms with Crippen molar-refractivity contribution in [3.8, 4) is 5.75 Å². The van der Waals surface area contributed by atoms with Crippen molar-refractivity contribution in [1.82, 2.24) is 4.31 Å². The molecule has 1 aromatic heterocycles. The van der Waals surface area contributed by atoms with Gasteiger partial charge >= 0.3 is 5.97 Å². The molecule has 0 spiro atoms. The number of hydrogen-bond acceptors (Lipinski definition) is 8. The van der Waals surface area contributed by atoms with Crippen LogP contribution in [0.3, 0.4) is 0 Å². The molecule has 1 aliphatic rings. The Morgan fingerprint density at radius 1 is 1.23 bits per heavy atom. The number of nitro groups is 1. The minimum atomic E-state index is -3.68. The van der Waals surface area contributed by atoms with Crippen LogP contribution in [0.15, 0.2) is 40.6 Å². The number of rotatable bonds is 5. The van der Waals surface area contributed by atoms with Gasteiger partial charge in [0.2, 0.25) is 10.0 Å². The second-order valence-electron chi connectivity index (χ2n) is 5.30. The van der Waals surface area contributed by atoms with Crippen molar-refractivity contribution in [3.63, 3.8) is 0 Å². The molecule has 2 heterocycles. The molecule has 26 heavy (non-hydrogen) atoms. The van der Waals surface area contributed by atoms with Gasteiger partial charge in [0.1, 0.15) is 10.6 Å². The number of nitro benzene ring substituents is 1. The third-order valence-electron chi connectivity index (χ3n) is 3.64. The fourth-order valence-corrected chi connectivity index (χ4v) is 4.83. The normalized spacial score (nSPS) is 15.5. The lowest BCUT2D eigenvalue weighted by molar-refractivity contribution is -0.384. The summed E-state index contributed by atoms with van der Waals surface area (Å²) >= 11 is 0.956. The van der Waals surface area contributed by atoms with Crippen LogP contribution in [0.1, 0.15) is 9.67 Å². The first-order chi connectivity index (χ1) is 12.4. The van der Waals surface area contributed by atoms with Crippen molar-refractivity contribution in [2.45, 2.75) is 4.90 Å². The molecule has 0 bridgehead atoms. The van der Waals surface area contributed by atoms with Crippen molar-refractivity contribution in [1.29, 1.82) is 0 Å². The molecule has 0 aliphatic carbocycles. The topological polar surface area (TPSA) is 116 Å². The largest absolute Gasteiger partial charge is 0.422 e. The van der Waals surface area contributed by atoms with Gasteiger partial charge in [0, 0.05) is 30.6 Å². The Bertz CT molecular complexity index is 916. The Hall–Kier alpha value is -2.34. The van der Waals surface area contributed by atoms with E-state index in [2.05, 4.69) is 0 Å². The summed E-state index contributed by atoms with van der Waals surface area (Å²) < 4.78 is 36.7. The zero-order valence-electron chi connectivity index (χ0n) is 13.4. The van der Waals surface area contributed by atoms with E-state index in [4.69, 9.17) is 9.47 Å². The maximum Gasteiger partial charge on any atom is 0.353 e. The molecule has 1 saturated heterocycles. The molecular formula is C15H14N2O7S2. The fraction of sp³-hybridized carbons (Fsp3) is 0.267. The van der Waals surface area contributed by atoms with E-state index in [0.717, 1.165) is 11.3 Å². The molecule has 0 atom stereocenters. The van der Waals surface area contributed by atoms with Gasteiger partial charge in [0.15, 0.2) is 0 Å². The van der Waals surface area contributed by atoms with Gasteiger partial charge in [-0.1, -0.05) is 0 Å². The monoisotopic (exact) mass is 398 g/mol. The summed E-state index contributed by atoms with van der Waals surface area (Å²) in [7, 11) is -3.68. The standard InChI is InChI=1S/C15H14N2O7S2/c18-15(24-12-3-1-11(2-4-12)17(19)20)14-9-13(10-25-14)26(21,22)16-5-7-23-8-6-16/h1-4,9-10H,5-8H2. The van der Waals surface area contributed by atoms with Crippen LogP contribution in [0, 0.1) is 10.1 Å². The number of benzene rings is 1. The summed E-state index contributed by atoms with van der Waals surface area (Å²) in [5.74, 6) is -0.598. The number of hydrogen-bond donors (Lipinski definition) is 0. The van der Waals surface area contributed by atoms with Crippen molar-refractivity contribution in [2.75, 3.05) is 26.3 Å². The van der Waals surface area contributed by atoms with Gasteiger partial charge in [-0.3, -0.25) is 10.1 Å². The number of morpholine rings is 1. The fourth-order valence-electron chi connectivity index (χ4n) is 2.29. The molecule has 0 unspecified atom stereocenters. The highest BCUT2D eigenvalue weighted by Crippen LogP contribution is 2.25. The number of ether oxygens (including phenoxy) is 2. The van der Waals surface area contributed by atoms with E-state index in [0.29, 0.717) is 13.2 Å². The van der Waals surface area contributed by atoms with Gasteiger partial charge in [0.05, 0.1) is 23.0 Å². The Kier molecular flexibility index (Phi) is 5.32. The zero-order chi connectivity index (χ0) is 18.7. The van der Waals surface area contributed by atoms with E-state index >= 15 is 0 Å². The number of thiophene rings is 1. The van der Waals surface area contributed by atoms with Crippen LogP contribution in [0.5, 0.6) is 5.75 Å². The van der Waals surface area contributed by atoms with Gasteiger partial charge in [-0.2, -0.15) is 4.31 Å². The number of nitrogens with zero attached hydrogens (tertiary/aromatic N) is 2. The Balaban J connectivity index is 1.72. The first-order valence-corrected chi connectivity index (χ1v) is 9.83. The summed E-state index contributed by atoms with van der Waals surface area (Å²) in [6, 6.07) is 6.30. The van der Waals surface area contributed by atoms with Gasteiger partial charge < -0.3 is 9.47 Å². The zero-order valence-corrected chi connectivity index (χ0v) is 15.0. The summed E-state index contributed by atoms with van der Waals surface area (Å²) in [6.45, 7) is 1.19. The minimum Gasteiger partial charge on any atom is -0.422 e. The number of non-ortho nitro benzene ring substituents is 1. The van der Waals surface area contributed by atoms with E-state index in [1.807, 2.05) is 0 Å². The van der Waals surface area contributed by atoms with Crippen LogP contribution in [0.2, 0.25) is 0 Å². The average molecular weight is 398 g/mol. The lowest BCUT2D eigenvalue weighted by Crippen LogP contribution is -2.40. The molecule has 0 radical (unpaired) electrons. The third kappa shape index (κ3) is 3.90. The molecule has 138 valence electrons. The summed E-state index contributed by atoms with van der Waals surface area (Å²) in [5.41, 5.74) is -0.125. The number of carbonyl (C=O) groups excluding carboxylic acids is 1. The first-order valence-electron chi connectivity index (χ1n) is 7.51. The number of esters is 1. The van der Waals surface area contributed by atoms with Crippen molar-refractivity contribution in [2.24, 2.45) is 0 Å². The predicted molar refractivity (Wildman–Crippen MR) is 92.0 cm³/mol. The molecule has 1 fully saturated rings. The van der Waals surface area contributed by atoms with Crippen molar-refractivity contribution in [3.05, 3.63) is 50.7 Å². The third-order valence-corrected chi connectivity index (χ3v) is 6.58. The highest BCUT2D eigenvalue weighted by Gasteiger charge is 2.28. The maximum atomic E-state index is 12.5. The molecule has 11 heteroatoms. The summed E-state index contributed by atoms with van der Waals surface area (Å²) in [5, 5.41) is 12.0. The Morgan fingerprint density at radius 2 is 1.88 bits per heavy atom. The Morgan fingerprint density at radius 3 is 2.50 bits per heavy atom. The van der Waals surface area contributed by atoms with E-state index < -0.39 is 20.9 Å². The van der Waals surface area contributed by atoms with Crippen molar-refractivity contribution >= 4 is 33.0 Å². The maximum absolute atomic E-state index is 12.5. The molecular weight excluding hydrogens is 384 g/mol. The molecule has 0 amide bonds. The van der Waals surface area contributed by atoms with E-state index in [1.54, 1.807) is 0 Å². The van der Waals surface area contributed by atoms with Gasteiger partial charge in [-0.05, 0) is 18.2 Å². The van der Waals surface area contributed by atoms with Crippen LogP contribution in [-0.2, 0) is 14.8 Å². The summed E-state index contributed by atoms with van der Waals surface area (Å²) in [6.07, 6.45) is 0. The number of carbonyl (C=O) groups is 1. The van der Waals surface area contributed by atoms with Crippen LogP contribution < -0.4 is 4.74 Å². The molecule has 0 N–H and O–H groups in total. The quantitative estimate of drug-likeness (QED) is 0.327. The first kappa shape index (κ1) is 18.5. The lowest BCUT2D eigenvalue weighted by Gasteiger charge is -2.25. The average Bonchev–Trinajstić information content (AvgIpc) is 3.14. The van der Waals surface area contributed by atoms with Gasteiger partial charge in [-0.25, -0.2) is 13.2 Å². The molecule has 9 nitrogen and oxygen atoms in total. The second-order valence-corrected chi connectivity index (χ2v) is 8.15. The molecule has 3 rings (SSSR count). The highest BCUT2D eigenvalue weighted by atomic mass is 32.2.